The van der Waals surface area contributed by atoms with E-state index >= 15 is 0 Å². The van der Waals surface area contributed by atoms with Crippen molar-refractivity contribution in [1.82, 2.24) is 15.7 Å². The lowest BCUT2D eigenvalue weighted by Gasteiger charge is -2.27. The van der Waals surface area contributed by atoms with E-state index in [0.717, 1.165) is 19.3 Å². The molecule has 0 saturated carbocycles. The Hall–Kier alpha value is -1.40. The maximum absolute atomic E-state index is 13.4. The van der Waals surface area contributed by atoms with E-state index in [1.807, 2.05) is 6.92 Å². The molecule has 5 N–H and O–H groups in total. The van der Waals surface area contributed by atoms with E-state index in [4.69, 9.17) is 22.6 Å². The molecular formula is C32H61N3O10P2. The molecule has 0 amide bonds. The molecule has 0 radical (unpaired) electrons. The number of unbranched alkanes of at least 4 members (excludes halogenated alkanes) is 16. The third-order valence-electron chi connectivity index (χ3n) is 7.82. The number of nitrogens with zero attached hydrogens (tertiary/aromatic N) is 1. The van der Waals surface area contributed by atoms with Gasteiger partial charge in [-0.15, -0.1) is 0 Å². The van der Waals surface area contributed by atoms with Crippen LogP contribution in [0.15, 0.2) is 27.9 Å². The Kier molecular flexibility index (Phi) is 22.9. The lowest BCUT2D eigenvalue weighted by molar-refractivity contribution is -0.218. The highest BCUT2D eigenvalue weighted by atomic mass is 31.3. The monoisotopic (exact) mass is 709 g/mol. The van der Waals surface area contributed by atoms with E-state index in [2.05, 4.69) is 11.9 Å². The summed E-state index contributed by atoms with van der Waals surface area (Å²) < 4.78 is 53.1. The van der Waals surface area contributed by atoms with Crippen molar-refractivity contribution in [2.45, 2.75) is 149 Å². The Morgan fingerprint density at radius 1 is 0.766 bits per heavy atom. The van der Waals surface area contributed by atoms with Gasteiger partial charge in [-0.05, 0) is 25.8 Å². The molecule has 0 aliphatic carbocycles. The number of hydrogen-bond donors (Lipinski definition) is 2. The van der Waals surface area contributed by atoms with Gasteiger partial charge < -0.3 is 20.3 Å². The van der Waals surface area contributed by atoms with Crippen LogP contribution in [0.2, 0.25) is 0 Å². The van der Waals surface area contributed by atoms with Crippen molar-refractivity contribution in [2.75, 3.05) is 19.8 Å². The number of H-pyrrole nitrogens is 1. The molecule has 2 rings (SSSR count). The van der Waals surface area contributed by atoms with Gasteiger partial charge in [0.1, 0.15) is 6.10 Å². The number of aromatic nitrogens is 2. The van der Waals surface area contributed by atoms with Crippen molar-refractivity contribution in [3.05, 3.63) is 44.8 Å². The number of ether oxygens (including phenoxy) is 1. The Bertz CT molecular complexity index is 1220. The molecular weight excluding hydrogens is 648 g/mol. The predicted molar refractivity (Wildman–Crippen MR) is 184 cm³/mol. The molecule has 0 fully saturated rings. The molecule has 0 spiro atoms. The summed E-state index contributed by atoms with van der Waals surface area (Å²) in [7, 11) is -9.55. The summed E-state index contributed by atoms with van der Waals surface area (Å²) in [4.78, 5) is 38.5. The van der Waals surface area contributed by atoms with Gasteiger partial charge in [0.15, 0.2) is 6.23 Å². The van der Waals surface area contributed by atoms with Crippen LogP contribution >= 0.6 is 15.6 Å². The first-order valence-electron chi connectivity index (χ1n) is 17.3. The summed E-state index contributed by atoms with van der Waals surface area (Å²) in [6.45, 7) is 5.19. The number of aryl methyl sites for hydroxylation is 1. The predicted octanol–water partition coefficient (Wildman–Crippen LogP) is 8.38. The fourth-order valence-electron chi connectivity index (χ4n) is 5.06. The van der Waals surface area contributed by atoms with Gasteiger partial charge in [-0.2, -0.15) is 0 Å². The largest absolute Gasteiger partial charge is 0.756 e. The minimum absolute atomic E-state index is 0. The van der Waals surface area contributed by atoms with Crippen molar-refractivity contribution in [2.24, 2.45) is 0 Å². The molecule has 0 saturated heterocycles. The first kappa shape index (κ1) is 43.6. The molecule has 0 aromatic carbocycles. The van der Waals surface area contributed by atoms with E-state index in [1.165, 1.54) is 87.8 Å². The summed E-state index contributed by atoms with van der Waals surface area (Å²) in [5, 5.41) is 0. The third kappa shape index (κ3) is 18.8. The SMILES string of the molecule is CCCCCCCCCCCCCCCCCCOP(=O)(OC[C@@H]1C=C[C@H](n2cc(C)c(=O)[nH]c2=O)O1)OP(=O)([O-])OCCCC.[NH4+]. The van der Waals surface area contributed by atoms with Crippen LogP contribution in [0, 0.1) is 6.92 Å². The number of hydrogen-bond acceptors (Lipinski definition) is 10. The Morgan fingerprint density at radius 2 is 1.28 bits per heavy atom. The molecule has 1 aliphatic heterocycles. The Balaban J connectivity index is 0.0000110. The zero-order valence-electron chi connectivity index (χ0n) is 29.2. The second-order valence-electron chi connectivity index (χ2n) is 12.0. The zero-order chi connectivity index (χ0) is 33.7. The Morgan fingerprint density at radius 3 is 1.83 bits per heavy atom. The van der Waals surface area contributed by atoms with Crippen LogP contribution in [0.5, 0.6) is 0 Å². The topological polar surface area (TPSA) is 195 Å². The molecule has 13 nitrogen and oxygen atoms in total. The second-order valence-corrected chi connectivity index (χ2v) is 15.2. The number of phosphoric acid groups is 2. The highest BCUT2D eigenvalue weighted by molar-refractivity contribution is 7.61. The average Bonchev–Trinajstić information content (AvgIpc) is 3.48. The minimum Gasteiger partial charge on any atom is -0.756 e. The van der Waals surface area contributed by atoms with E-state index in [9.17, 15) is 23.6 Å². The van der Waals surface area contributed by atoms with Gasteiger partial charge >= 0.3 is 13.5 Å². The van der Waals surface area contributed by atoms with Gasteiger partial charge in [0.05, 0.1) is 19.8 Å². The molecule has 2 unspecified atom stereocenters. The summed E-state index contributed by atoms with van der Waals surface area (Å²) >= 11 is 0. The average molecular weight is 710 g/mol. The molecule has 2 heterocycles. The molecule has 4 atom stereocenters. The molecule has 1 aromatic heterocycles. The number of rotatable bonds is 28. The number of phosphoric ester groups is 2. The van der Waals surface area contributed by atoms with Crippen LogP contribution in [0.4, 0.5) is 0 Å². The van der Waals surface area contributed by atoms with Crippen LogP contribution in [-0.4, -0.2) is 35.5 Å². The van der Waals surface area contributed by atoms with Gasteiger partial charge in [0, 0.05) is 11.8 Å². The van der Waals surface area contributed by atoms with E-state index in [1.54, 1.807) is 19.1 Å². The van der Waals surface area contributed by atoms with E-state index < -0.39 is 39.2 Å². The third-order valence-corrected chi connectivity index (χ3v) is 10.9. The molecule has 0 bridgehead atoms. The molecule has 274 valence electrons. The van der Waals surface area contributed by atoms with Crippen molar-refractivity contribution in [3.8, 4) is 0 Å². The normalized spacial score (nSPS) is 18.6. The second kappa shape index (κ2) is 24.7. The van der Waals surface area contributed by atoms with E-state index in [0.29, 0.717) is 24.8 Å². The molecule has 1 aliphatic rings. The highest BCUT2D eigenvalue weighted by Crippen LogP contribution is 2.61. The number of nitrogens with one attached hydrogen (secondary N) is 1. The number of quaternary nitrogens is 1. The van der Waals surface area contributed by atoms with Crippen LogP contribution in [0.25, 0.3) is 0 Å². The molecule has 15 heteroatoms. The first-order valence-corrected chi connectivity index (χ1v) is 20.2. The maximum Gasteiger partial charge on any atom is 0.481 e. The summed E-state index contributed by atoms with van der Waals surface area (Å²) in [6.07, 6.45) is 23.4. The fourth-order valence-corrected chi connectivity index (χ4v) is 7.71. The summed E-state index contributed by atoms with van der Waals surface area (Å²) in [5.41, 5.74) is -0.823. The smallest absolute Gasteiger partial charge is 0.481 e. The van der Waals surface area contributed by atoms with Crippen molar-refractivity contribution >= 4 is 15.6 Å². The summed E-state index contributed by atoms with van der Waals surface area (Å²) in [6, 6.07) is 0. The number of aromatic amines is 1. The van der Waals surface area contributed by atoms with Gasteiger partial charge in [-0.3, -0.25) is 28.0 Å². The van der Waals surface area contributed by atoms with Gasteiger partial charge in [-0.25, -0.2) is 13.7 Å². The molecule has 1 aromatic rings. The van der Waals surface area contributed by atoms with Crippen LogP contribution in [-0.2, 0) is 31.7 Å². The zero-order valence-corrected chi connectivity index (χ0v) is 30.9. The first-order chi connectivity index (χ1) is 22.1. The van der Waals surface area contributed by atoms with Crippen molar-refractivity contribution in [3.63, 3.8) is 0 Å². The highest BCUT2D eigenvalue weighted by Gasteiger charge is 2.35. The lowest BCUT2D eigenvalue weighted by Crippen LogP contribution is -2.33. The van der Waals surface area contributed by atoms with Crippen molar-refractivity contribution in [1.29, 1.82) is 0 Å². The van der Waals surface area contributed by atoms with Gasteiger partial charge in [0.2, 0.25) is 0 Å². The van der Waals surface area contributed by atoms with Crippen LogP contribution < -0.4 is 22.3 Å². The molecule has 47 heavy (non-hydrogen) atoms. The van der Waals surface area contributed by atoms with Gasteiger partial charge in [0.25, 0.3) is 13.4 Å². The van der Waals surface area contributed by atoms with Crippen LogP contribution in [0.1, 0.15) is 141 Å². The minimum atomic E-state index is -4.98. The Labute approximate surface area is 281 Å². The standard InChI is InChI=1S/C32H58N2O10P2.H3N/c1-4-6-8-9-10-11-12-13-14-15-16-17-18-19-20-21-25-41-46(39,44-45(37,38)40-24-7-5-2)42-27-29-22-23-30(43-29)34-26-28(3)31(35)33-32(34)36;/h22-23,26,29-30H,4-21,24-25,27H2,1-3H3,(H,37,38)(H,33,35,36);1H3/t29-,30+,46?;/m0./s1. The van der Waals surface area contributed by atoms with E-state index in [-0.39, 0.29) is 26.0 Å². The van der Waals surface area contributed by atoms with Gasteiger partial charge in [-0.1, -0.05) is 123 Å². The maximum atomic E-state index is 13.4. The van der Waals surface area contributed by atoms with Crippen molar-refractivity contribution < 1.29 is 36.6 Å². The summed E-state index contributed by atoms with van der Waals surface area (Å²) in [5.74, 6) is 0. The lowest BCUT2D eigenvalue weighted by atomic mass is 10.0. The fraction of sp³-hybridized carbons (Fsp3) is 0.812. The van der Waals surface area contributed by atoms with Crippen LogP contribution in [0.3, 0.4) is 0 Å². The quantitative estimate of drug-likeness (QED) is 0.0484.